The Hall–Kier alpha value is -5.74. The first-order valence-corrected chi connectivity index (χ1v) is 16.2. The van der Waals surface area contributed by atoms with Crippen LogP contribution < -0.4 is 9.97 Å². The number of benzene rings is 4. The molecule has 237 valence electrons. The Morgan fingerprint density at radius 1 is 0.408 bits per heavy atom. The Labute approximate surface area is 297 Å². The zero-order valence-electron chi connectivity index (χ0n) is 27.4. The second-order valence-corrected chi connectivity index (χ2v) is 12.0. The van der Waals surface area contributed by atoms with Crippen LogP contribution in [0.3, 0.4) is 0 Å². The minimum absolute atomic E-state index is 0. The van der Waals surface area contributed by atoms with Crippen LogP contribution in [0.1, 0.15) is 24.1 Å². The number of aryl methyl sites for hydroxylation is 2. The van der Waals surface area contributed by atoms with Crippen molar-refractivity contribution >= 4 is 34.2 Å². The number of hydrogen-bond donors (Lipinski definition) is 0. The van der Waals surface area contributed by atoms with Crippen molar-refractivity contribution in [2.45, 2.75) is 12.8 Å². The van der Waals surface area contributed by atoms with Gasteiger partial charge in [0.15, 0.2) is 0 Å². The van der Waals surface area contributed by atoms with Gasteiger partial charge in [0.05, 0.1) is 11.4 Å². The largest absolute Gasteiger partial charge is 2.00 e. The summed E-state index contributed by atoms with van der Waals surface area (Å²) in [5.74, 6) is 0. The monoisotopic (exact) mass is 678 g/mol. The van der Waals surface area contributed by atoms with Crippen LogP contribution in [0.5, 0.6) is 0 Å². The molecule has 4 aromatic carbocycles. The molecule has 1 unspecified atom stereocenters. The second-order valence-electron chi connectivity index (χ2n) is 12.0. The molecule has 0 N–H and O–H groups in total. The van der Waals surface area contributed by atoms with Crippen molar-refractivity contribution in [2.24, 2.45) is 0 Å². The summed E-state index contributed by atoms with van der Waals surface area (Å²) in [4.78, 5) is 21.2. The molecule has 8 bridgehead atoms. The van der Waals surface area contributed by atoms with E-state index >= 15 is 0 Å². The number of nitrogens with zero attached hydrogens (tertiary/aromatic N) is 4. The Morgan fingerprint density at radius 2 is 0.755 bits per heavy atom. The van der Waals surface area contributed by atoms with Gasteiger partial charge in [0, 0.05) is 12.8 Å². The molecule has 3 aromatic heterocycles. The van der Waals surface area contributed by atoms with Crippen LogP contribution in [0, 0.1) is 0 Å². The molecular formula is C44H30CuN4. The maximum absolute atomic E-state index is 9.42. The Balaban J connectivity index is 0.00000361. The molecule has 0 saturated heterocycles. The van der Waals surface area contributed by atoms with Gasteiger partial charge in [-0.2, -0.15) is 0 Å². The first kappa shape index (κ1) is 29.4. The molecule has 5 heteroatoms. The summed E-state index contributed by atoms with van der Waals surface area (Å²) in [6, 6.07) is 49.5. The van der Waals surface area contributed by atoms with Gasteiger partial charge in [0.25, 0.3) is 0 Å². The normalized spacial score (nSPS) is 13.9. The van der Waals surface area contributed by atoms with Crippen LogP contribution in [0.4, 0.5) is 0 Å². The molecule has 1 atom stereocenters. The fourth-order valence-corrected chi connectivity index (χ4v) is 6.83. The minimum Gasteiger partial charge on any atom is -0.657 e. The van der Waals surface area contributed by atoms with Gasteiger partial charge in [-0.05, 0) is 69.5 Å². The SMILES string of the molecule is [2H]C1Cc2nc1c(-c1ccccc1)c1ccc([n-]1)c(-c1ccccc1)c1nc(c(-c3ccccc3)c3ccc([n-]3)c2-c2ccccc2)C=C1.[Cu+2]. The third-order valence-corrected chi connectivity index (χ3v) is 9.00. The molecule has 2 aliphatic rings. The van der Waals surface area contributed by atoms with Crippen molar-refractivity contribution in [3.05, 3.63) is 168 Å². The maximum Gasteiger partial charge on any atom is 2.00 e. The van der Waals surface area contributed by atoms with Crippen molar-refractivity contribution in [1.82, 2.24) is 19.9 Å². The van der Waals surface area contributed by atoms with Gasteiger partial charge in [-0.3, -0.25) is 4.98 Å². The fourth-order valence-electron chi connectivity index (χ4n) is 6.83. The number of hydrogen-bond acceptors (Lipinski definition) is 2. The molecule has 0 saturated carbocycles. The summed E-state index contributed by atoms with van der Waals surface area (Å²) in [7, 11) is 0. The smallest absolute Gasteiger partial charge is 0.657 e. The molecule has 9 rings (SSSR count). The van der Waals surface area contributed by atoms with E-state index < -0.39 is 6.40 Å². The van der Waals surface area contributed by atoms with E-state index in [0.29, 0.717) is 12.1 Å². The van der Waals surface area contributed by atoms with Crippen molar-refractivity contribution in [3.63, 3.8) is 0 Å². The molecule has 49 heavy (non-hydrogen) atoms. The topological polar surface area (TPSA) is 54.0 Å². The summed E-state index contributed by atoms with van der Waals surface area (Å²) in [6.07, 6.45) is 4.07. The van der Waals surface area contributed by atoms with Gasteiger partial charge in [-0.1, -0.05) is 146 Å². The number of rotatable bonds is 4. The molecule has 0 aliphatic carbocycles. The quantitative estimate of drug-likeness (QED) is 0.174. The van der Waals surface area contributed by atoms with E-state index in [1.54, 1.807) is 0 Å². The standard InChI is InChI=1S/C44H30N4.Cu/c1-5-13-29(14-6-1)41-33-21-23-35(45-33)42(30-15-7-2-8-16-30)37-25-27-39(47-37)44(32-19-11-4-12-20-32)40-28-26-38(48-40)43(31-17-9-3-10-18-31)36-24-22-34(41)46-36;/h1-25,27H,26,28H2;/q-2;+2/i26D;. The van der Waals surface area contributed by atoms with E-state index in [0.717, 1.165) is 83.7 Å². The van der Waals surface area contributed by atoms with E-state index in [1.165, 1.54) is 0 Å². The summed E-state index contributed by atoms with van der Waals surface area (Å²) in [5, 5.41) is 0. The maximum atomic E-state index is 9.42. The van der Waals surface area contributed by atoms with E-state index in [9.17, 15) is 1.37 Å². The van der Waals surface area contributed by atoms with Crippen molar-refractivity contribution in [2.75, 3.05) is 0 Å². The predicted octanol–water partition coefficient (Wildman–Crippen LogP) is 10.2. The molecule has 2 aliphatic heterocycles. The summed E-state index contributed by atoms with van der Waals surface area (Å²) >= 11 is 0. The van der Waals surface area contributed by atoms with Crippen LogP contribution in [0.25, 0.3) is 78.7 Å². The zero-order valence-corrected chi connectivity index (χ0v) is 27.3. The van der Waals surface area contributed by atoms with Crippen LogP contribution in [0.2, 0.25) is 0 Å². The first-order chi connectivity index (χ1) is 24.2. The summed E-state index contributed by atoms with van der Waals surface area (Å²) in [6.45, 7) is 0. The molecule has 0 amide bonds. The second kappa shape index (κ2) is 13.0. The average Bonchev–Trinajstić information content (AvgIpc) is 3.98. The van der Waals surface area contributed by atoms with Crippen molar-refractivity contribution < 1.29 is 18.4 Å². The summed E-state index contributed by atoms with van der Waals surface area (Å²) in [5.41, 5.74) is 14.3. The van der Waals surface area contributed by atoms with Crippen molar-refractivity contribution in [1.29, 1.82) is 0 Å². The van der Waals surface area contributed by atoms with Gasteiger partial charge in [0.1, 0.15) is 0 Å². The third-order valence-electron chi connectivity index (χ3n) is 9.00. The van der Waals surface area contributed by atoms with Crippen LogP contribution in [-0.4, -0.2) is 9.97 Å². The molecule has 7 aromatic rings. The van der Waals surface area contributed by atoms with Gasteiger partial charge in [-0.15, -0.1) is 22.1 Å². The molecule has 0 spiro atoms. The van der Waals surface area contributed by atoms with Gasteiger partial charge in [-0.25, -0.2) is 4.98 Å². The van der Waals surface area contributed by atoms with E-state index in [1.807, 2.05) is 72.8 Å². The van der Waals surface area contributed by atoms with E-state index in [2.05, 4.69) is 84.9 Å². The minimum atomic E-state index is -0.572. The van der Waals surface area contributed by atoms with E-state index in [4.69, 9.17) is 19.9 Å². The van der Waals surface area contributed by atoms with Crippen LogP contribution in [0.15, 0.2) is 146 Å². The van der Waals surface area contributed by atoms with E-state index in [-0.39, 0.29) is 17.1 Å². The Morgan fingerprint density at radius 3 is 1.16 bits per heavy atom. The molecule has 0 fully saturated rings. The van der Waals surface area contributed by atoms with Crippen LogP contribution >= 0.6 is 0 Å². The molecule has 1 radical (unpaired) electrons. The van der Waals surface area contributed by atoms with Gasteiger partial charge >= 0.3 is 17.1 Å². The number of fused-ring (bicyclic) bond motifs is 8. The number of aromatic nitrogens is 4. The van der Waals surface area contributed by atoms with Gasteiger partial charge < -0.3 is 9.97 Å². The van der Waals surface area contributed by atoms with Crippen LogP contribution in [-0.2, 0) is 29.9 Å². The van der Waals surface area contributed by atoms with Crippen molar-refractivity contribution in [3.8, 4) is 44.5 Å². The van der Waals surface area contributed by atoms with Gasteiger partial charge in [0.2, 0.25) is 0 Å². The zero-order chi connectivity index (χ0) is 32.7. The molecule has 5 heterocycles. The Kier molecular flexibility index (Phi) is 7.83. The fraction of sp³-hybridized carbons (Fsp3) is 0.0455. The Bertz CT molecular complexity index is 2520. The summed E-state index contributed by atoms with van der Waals surface area (Å²) < 4.78 is 9.42. The molecule has 4 nitrogen and oxygen atoms in total. The first-order valence-electron chi connectivity index (χ1n) is 16.8. The molecular weight excluding hydrogens is 648 g/mol. The average molecular weight is 679 g/mol. The third kappa shape index (κ3) is 5.63. The predicted molar refractivity (Wildman–Crippen MR) is 197 cm³/mol.